The van der Waals surface area contributed by atoms with Gasteiger partial charge in [0.15, 0.2) is 9.17 Å². The Hall–Kier alpha value is -0.590. The molecule has 0 aliphatic rings. The van der Waals surface area contributed by atoms with Crippen molar-refractivity contribution in [3.63, 3.8) is 0 Å². The Balaban J connectivity index is 2.75. The van der Waals surface area contributed by atoms with Crippen LogP contribution in [0.25, 0.3) is 4.96 Å². The first-order valence-corrected chi connectivity index (χ1v) is 6.07. The van der Waals surface area contributed by atoms with Crippen molar-refractivity contribution in [2.75, 3.05) is 0 Å². The lowest BCUT2D eigenvalue weighted by Crippen LogP contribution is -1.84. The number of halogens is 1. The van der Waals surface area contributed by atoms with Gasteiger partial charge in [-0.1, -0.05) is 11.3 Å². The van der Waals surface area contributed by atoms with E-state index in [9.17, 15) is 8.42 Å². The van der Waals surface area contributed by atoms with E-state index in [1.165, 1.54) is 6.20 Å². The zero-order chi connectivity index (χ0) is 8.77. The van der Waals surface area contributed by atoms with Gasteiger partial charge in [0.2, 0.25) is 0 Å². The second-order valence-electron chi connectivity index (χ2n) is 2.11. The maximum atomic E-state index is 10.8. The summed E-state index contributed by atoms with van der Waals surface area (Å²) in [5.41, 5.74) is 0. The zero-order valence-corrected chi connectivity index (χ0v) is 8.03. The van der Waals surface area contributed by atoms with Crippen LogP contribution in [-0.2, 0) is 9.05 Å². The molecule has 0 aromatic carbocycles. The van der Waals surface area contributed by atoms with E-state index in [0.717, 1.165) is 11.3 Å². The molecule has 2 aromatic rings. The summed E-state index contributed by atoms with van der Waals surface area (Å²) in [5, 5.41) is 0. The molecule has 0 unspecified atom stereocenters. The first-order chi connectivity index (χ1) is 5.57. The molecule has 0 amide bonds. The van der Waals surface area contributed by atoms with Gasteiger partial charge in [-0.3, -0.25) is 4.40 Å². The molecule has 0 aliphatic heterocycles. The van der Waals surface area contributed by atoms with Gasteiger partial charge in [-0.05, 0) is 0 Å². The maximum Gasteiger partial charge on any atom is 0.272 e. The molecule has 12 heavy (non-hydrogen) atoms. The van der Waals surface area contributed by atoms with E-state index in [1.807, 2.05) is 0 Å². The Morgan fingerprint density at radius 3 is 2.92 bits per heavy atom. The fourth-order valence-corrected chi connectivity index (χ4v) is 2.76. The second kappa shape index (κ2) is 2.45. The number of fused-ring (bicyclic) bond motifs is 1. The molecule has 0 saturated heterocycles. The molecule has 2 aromatic heterocycles. The van der Waals surface area contributed by atoms with Crippen LogP contribution >= 0.6 is 22.0 Å². The number of imidazole rings is 1. The average Bonchev–Trinajstić information content (AvgIpc) is 2.37. The van der Waals surface area contributed by atoms with Crippen LogP contribution in [-0.4, -0.2) is 17.8 Å². The van der Waals surface area contributed by atoms with Crippen LogP contribution in [0, 0.1) is 0 Å². The first kappa shape index (κ1) is 8.03. The predicted molar refractivity (Wildman–Crippen MR) is 46.1 cm³/mol. The Kier molecular flexibility index (Phi) is 1.64. The minimum Gasteiger partial charge on any atom is -0.296 e. The van der Waals surface area contributed by atoms with Crippen molar-refractivity contribution in [2.24, 2.45) is 0 Å². The van der Waals surface area contributed by atoms with Crippen molar-refractivity contribution in [1.82, 2.24) is 9.38 Å². The third-order valence-electron chi connectivity index (χ3n) is 1.31. The molecule has 0 bridgehead atoms. The van der Waals surface area contributed by atoms with Gasteiger partial charge in [-0.2, -0.15) is 0 Å². The summed E-state index contributed by atoms with van der Waals surface area (Å²) in [6.45, 7) is 0. The summed E-state index contributed by atoms with van der Waals surface area (Å²) in [5.74, 6) is 0. The number of rotatable bonds is 1. The van der Waals surface area contributed by atoms with E-state index in [1.54, 1.807) is 16.8 Å². The lowest BCUT2D eigenvalue weighted by atomic mass is 10.9. The average molecular weight is 223 g/mol. The highest BCUT2D eigenvalue weighted by molar-refractivity contribution is 8.15. The molecule has 0 aliphatic carbocycles. The van der Waals surface area contributed by atoms with Gasteiger partial charge in [-0.15, -0.1) is 0 Å². The highest BCUT2D eigenvalue weighted by atomic mass is 35.7. The molecule has 0 fully saturated rings. The molecule has 4 nitrogen and oxygen atoms in total. The summed E-state index contributed by atoms with van der Waals surface area (Å²) in [6.07, 6.45) is 4.70. The zero-order valence-electron chi connectivity index (χ0n) is 5.64. The molecule has 0 radical (unpaired) electrons. The van der Waals surface area contributed by atoms with Crippen molar-refractivity contribution >= 4 is 36.0 Å². The van der Waals surface area contributed by atoms with Crippen LogP contribution in [0.4, 0.5) is 0 Å². The molecule has 2 heterocycles. The largest absolute Gasteiger partial charge is 0.296 e. The fraction of sp³-hybridized carbons (Fsp3) is 0. The van der Waals surface area contributed by atoms with Gasteiger partial charge in [0.25, 0.3) is 9.05 Å². The van der Waals surface area contributed by atoms with Gasteiger partial charge in [-0.25, -0.2) is 13.4 Å². The van der Waals surface area contributed by atoms with E-state index in [-0.39, 0.29) is 4.21 Å². The molecule has 7 heteroatoms. The Morgan fingerprint density at radius 2 is 2.33 bits per heavy atom. The number of thiazole rings is 1. The van der Waals surface area contributed by atoms with Crippen molar-refractivity contribution in [3.05, 3.63) is 18.6 Å². The summed E-state index contributed by atoms with van der Waals surface area (Å²) in [7, 11) is 1.52. The highest BCUT2D eigenvalue weighted by Crippen LogP contribution is 2.23. The molecule has 2 rings (SSSR count). The number of aromatic nitrogens is 2. The molecule has 0 saturated carbocycles. The predicted octanol–water partition coefficient (Wildman–Crippen LogP) is 1.32. The Bertz CT molecular complexity index is 484. The van der Waals surface area contributed by atoms with Crippen LogP contribution < -0.4 is 0 Å². The quantitative estimate of drug-likeness (QED) is 0.684. The van der Waals surface area contributed by atoms with Gasteiger partial charge in [0.05, 0.1) is 0 Å². The monoisotopic (exact) mass is 222 g/mol. The second-order valence-corrected chi connectivity index (χ2v) is 5.91. The van der Waals surface area contributed by atoms with Gasteiger partial charge in [0.1, 0.15) is 0 Å². The highest BCUT2D eigenvalue weighted by Gasteiger charge is 2.14. The number of nitrogens with zero attached hydrogens (tertiary/aromatic N) is 2. The molecule has 0 spiro atoms. The summed E-state index contributed by atoms with van der Waals surface area (Å²) in [4.78, 5) is 4.53. The topological polar surface area (TPSA) is 51.4 Å². The van der Waals surface area contributed by atoms with Crippen LogP contribution in [0.5, 0.6) is 0 Å². The van der Waals surface area contributed by atoms with E-state index >= 15 is 0 Å². The summed E-state index contributed by atoms with van der Waals surface area (Å²) < 4.78 is 23.4. The van der Waals surface area contributed by atoms with Crippen LogP contribution in [0.2, 0.25) is 0 Å². The molecular formula is C5H3ClN2O2S2. The van der Waals surface area contributed by atoms with Crippen molar-refractivity contribution in [3.8, 4) is 0 Å². The molecule has 0 N–H and O–H groups in total. The van der Waals surface area contributed by atoms with Crippen LogP contribution in [0.3, 0.4) is 0 Å². The van der Waals surface area contributed by atoms with Gasteiger partial charge in [0, 0.05) is 29.3 Å². The van der Waals surface area contributed by atoms with E-state index in [4.69, 9.17) is 10.7 Å². The fourth-order valence-electron chi connectivity index (χ4n) is 0.819. The van der Waals surface area contributed by atoms with Crippen molar-refractivity contribution in [1.29, 1.82) is 0 Å². The van der Waals surface area contributed by atoms with Gasteiger partial charge >= 0.3 is 0 Å². The first-order valence-electron chi connectivity index (χ1n) is 2.94. The minimum absolute atomic E-state index is 0.118. The smallest absolute Gasteiger partial charge is 0.272 e. The van der Waals surface area contributed by atoms with E-state index in [2.05, 4.69) is 4.98 Å². The molecule has 64 valence electrons. The normalized spacial score (nSPS) is 12.4. The lowest BCUT2D eigenvalue weighted by molar-refractivity contribution is 0.611. The SMILES string of the molecule is O=S(=O)(Cl)c1cn2ccnc2s1. The number of hydrogen-bond acceptors (Lipinski definition) is 4. The van der Waals surface area contributed by atoms with E-state index in [0.29, 0.717) is 4.96 Å². The van der Waals surface area contributed by atoms with Crippen molar-refractivity contribution < 1.29 is 8.42 Å². The third kappa shape index (κ3) is 1.21. The van der Waals surface area contributed by atoms with Gasteiger partial charge < -0.3 is 0 Å². The van der Waals surface area contributed by atoms with Crippen LogP contribution in [0.1, 0.15) is 0 Å². The third-order valence-corrected chi connectivity index (χ3v) is 4.38. The standard InChI is InChI=1S/C5H3ClN2O2S2/c6-12(9,10)4-3-8-2-1-7-5(8)11-4/h1-3H. The summed E-state index contributed by atoms with van der Waals surface area (Å²) >= 11 is 1.04. The molecule has 0 atom stereocenters. The van der Waals surface area contributed by atoms with E-state index < -0.39 is 9.05 Å². The Morgan fingerprint density at radius 1 is 1.58 bits per heavy atom. The Labute approximate surface area is 76.8 Å². The maximum absolute atomic E-state index is 10.8. The minimum atomic E-state index is -3.60. The number of hydrogen-bond donors (Lipinski definition) is 0. The van der Waals surface area contributed by atoms with Crippen LogP contribution in [0.15, 0.2) is 22.8 Å². The van der Waals surface area contributed by atoms with Crippen molar-refractivity contribution in [2.45, 2.75) is 4.21 Å². The molecular weight excluding hydrogens is 220 g/mol. The summed E-state index contributed by atoms with van der Waals surface area (Å²) in [6, 6.07) is 0. The lowest BCUT2D eigenvalue weighted by Gasteiger charge is -1.83.